The Morgan fingerprint density at radius 3 is 1.90 bits per heavy atom. The van der Waals surface area contributed by atoms with Crippen LogP contribution in [-0.4, -0.2) is 38.3 Å². The van der Waals surface area contributed by atoms with Gasteiger partial charge in [-0.25, -0.2) is 16.8 Å². The fourth-order valence-corrected chi connectivity index (χ4v) is 6.14. The molecule has 0 heterocycles. The number of benzene rings is 4. The van der Waals surface area contributed by atoms with E-state index in [2.05, 4.69) is 9.37 Å². The van der Waals surface area contributed by atoms with Gasteiger partial charge in [0.2, 0.25) is 0 Å². The summed E-state index contributed by atoms with van der Waals surface area (Å²) in [5, 5.41) is 14.6. The first kappa shape index (κ1) is 37.5. The van der Waals surface area contributed by atoms with Crippen LogP contribution in [0.5, 0.6) is 5.75 Å². The van der Waals surface area contributed by atoms with Gasteiger partial charge < -0.3 is 19.1 Å². The van der Waals surface area contributed by atoms with Gasteiger partial charge in [-0.2, -0.15) is 4.33 Å². The number of hydrogen-bond donors (Lipinski definition) is 0. The van der Waals surface area contributed by atoms with E-state index in [0.29, 0.717) is 35.7 Å². The fourth-order valence-electron chi connectivity index (χ4n) is 4.15. The molecule has 0 aliphatic carbocycles. The summed E-state index contributed by atoms with van der Waals surface area (Å²) >= 11 is 0.358. The van der Waals surface area contributed by atoms with Gasteiger partial charge in [0, 0.05) is 39.3 Å². The molecule has 17 heteroatoms. The third-order valence-corrected chi connectivity index (χ3v) is 8.08. The average Bonchev–Trinajstić information content (AvgIpc) is 2.82. The monoisotopic (exact) mass is 622 g/mol. The number of ether oxygens (including phenoxy) is 1. The molecule has 0 saturated heterocycles. The van der Waals surface area contributed by atoms with Crippen LogP contribution in [0, 0.1) is 0 Å². The Labute approximate surface area is 295 Å². The molecule has 0 spiro atoms. The van der Waals surface area contributed by atoms with Crippen molar-refractivity contribution in [2.24, 2.45) is 0 Å². The predicted octanol–water partition coefficient (Wildman–Crippen LogP) is -6.23. The van der Waals surface area contributed by atoms with Gasteiger partial charge in [0.15, 0.2) is 0 Å². The van der Waals surface area contributed by atoms with Crippen LogP contribution in [0.25, 0.3) is 32.3 Å². The molecule has 192 valence electrons. The molecule has 0 fully saturated rings. The van der Waals surface area contributed by atoms with E-state index in [1.54, 1.807) is 19.1 Å². The largest absolute Gasteiger partial charge is 1.00 e. The van der Waals surface area contributed by atoms with Crippen LogP contribution in [0.3, 0.4) is 0 Å². The zero-order chi connectivity index (χ0) is 26.3. The Balaban J connectivity index is 0.00000253. The fraction of sp³-hybridized carbons (Fsp3) is 0.227. The van der Waals surface area contributed by atoms with Crippen LogP contribution in [0.4, 0.5) is 0 Å². The van der Waals surface area contributed by atoms with Gasteiger partial charge in [-0.15, -0.1) is 0 Å². The average molecular weight is 623 g/mol. The van der Waals surface area contributed by atoms with Crippen molar-refractivity contribution in [3.8, 4) is 5.75 Å². The van der Waals surface area contributed by atoms with Crippen molar-refractivity contribution in [2.45, 2.75) is 40.9 Å². The number of Topliss-reactive ketones (excluding diaryl/α,β-unsaturated/α-hetero) is 1. The summed E-state index contributed by atoms with van der Waals surface area (Å²) < 4.78 is 82.7. The van der Waals surface area contributed by atoms with Crippen LogP contribution in [0.1, 0.15) is 26.2 Å². The molecule has 0 N–H and O–H groups in total. The molecule has 39 heavy (non-hydrogen) atoms. The second-order valence-electron chi connectivity index (χ2n) is 7.79. The van der Waals surface area contributed by atoms with Crippen molar-refractivity contribution >= 4 is 70.4 Å². The minimum Gasteiger partial charge on any atom is -0.744 e. The summed E-state index contributed by atoms with van der Waals surface area (Å²) in [5.74, 6) is 0.0523. The molecule has 11 nitrogen and oxygen atoms in total. The van der Waals surface area contributed by atoms with Crippen molar-refractivity contribution in [2.75, 3.05) is 6.61 Å². The Hall–Kier alpha value is 0.440. The molecule has 4 rings (SSSR count). The first-order valence-corrected chi connectivity index (χ1v) is 14.0. The molecule has 0 atom stereocenters. The Kier molecular flexibility index (Phi) is 14.7. The van der Waals surface area contributed by atoms with Crippen LogP contribution in [0.15, 0.2) is 51.1 Å². The van der Waals surface area contributed by atoms with Crippen molar-refractivity contribution in [1.82, 2.24) is 0 Å². The van der Waals surface area contributed by atoms with E-state index in [1.165, 1.54) is 12.1 Å². The van der Waals surface area contributed by atoms with Gasteiger partial charge in [-0.1, -0.05) is 25.1 Å². The molecule has 4 aromatic carbocycles. The van der Waals surface area contributed by atoms with E-state index in [-0.39, 0.29) is 140 Å². The van der Waals surface area contributed by atoms with Crippen molar-refractivity contribution in [1.29, 1.82) is 0 Å². The Morgan fingerprint density at radius 2 is 1.36 bits per heavy atom. The number of rotatable bonds is 11. The van der Waals surface area contributed by atoms with Gasteiger partial charge >= 0.3 is 88.7 Å². The van der Waals surface area contributed by atoms with Gasteiger partial charge in [-0.05, 0) is 35.4 Å². The van der Waals surface area contributed by atoms with Crippen molar-refractivity contribution in [3.05, 3.63) is 36.4 Å². The second kappa shape index (κ2) is 15.3. The maximum Gasteiger partial charge on any atom is 1.00 e. The third kappa shape index (κ3) is 8.09. The summed E-state index contributed by atoms with van der Waals surface area (Å²) in [7, 11) is -10.0. The zero-order valence-electron chi connectivity index (χ0n) is 21.5. The maximum atomic E-state index is 12.1. The molecule has 4 aromatic rings. The molecule has 0 amide bonds. The third-order valence-electron chi connectivity index (χ3n) is 5.69. The van der Waals surface area contributed by atoms with Crippen LogP contribution < -0.4 is 98.7 Å². The van der Waals surface area contributed by atoms with Gasteiger partial charge in [0.25, 0.3) is 0 Å². The molecule has 0 unspecified atom stereocenters. The molecule has 0 aliphatic rings. The molecule has 0 aliphatic heterocycles. The van der Waals surface area contributed by atoms with Gasteiger partial charge in [0.05, 0.1) is 28.4 Å². The van der Waals surface area contributed by atoms with Gasteiger partial charge in [-0.3, -0.25) is 9.83 Å². The number of carbonyl (C=O) groups excluding carboxylic acids is 1. The van der Waals surface area contributed by atoms with Crippen LogP contribution in [0.2, 0.25) is 0 Å². The van der Waals surface area contributed by atoms with E-state index in [9.17, 15) is 36.0 Å². The number of hydrogen-bond acceptors (Lipinski definition) is 12. The smallest absolute Gasteiger partial charge is 0.744 e. The standard InChI is InChI=1S/C22H20O11S3.3Na/c1-2-12(23)4-3-9-31-17-10-19(35(25,26)27)15-7-8-16-20(36(28,29)30)11-18(34-33-32-24)14-6-5-13(17)21(15)22(14)16;;;/h5-8,10-11,24H,2-4,9H2,1H3,(H,25,26,27)(H,28,29,30);;;/q;3*+1/p-3. The second-order valence-corrected chi connectivity index (χ2v) is 11.2. The van der Waals surface area contributed by atoms with Crippen molar-refractivity contribution in [3.63, 3.8) is 0 Å². The van der Waals surface area contributed by atoms with Crippen LogP contribution >= 0.6 is 12.0 Å². The molecule has 0 bridgehead atoms. The van der Waals surface area contributed by atoms with Crippen molar-refractivity contribution < 1.29 is 139 Å². The topological polar surface area (TPSA) is 182 Å². The normalized spacial score (nSPS) is 11.7. The summed E-state index contributed by atoms with van der Waals surface area (Å²) in [5.41, 5.74) is 0. The summed E-state index contributed by atoms with van der Waals surface area (Å²) in [6.45, 7) is 1.77. The first-order valence-electron chi connectivity index (χ1n) is 10.4. The SMILES string of the molecule is CCC(=O)CCCOc1cc(S(=O)(=O)[O-])c2ccc3c(S(=O)(=O)[O-])cc(SOO[O-])c4ccc1c2c43.[Na+].[Na+].[Na+]. The zero-order valence-corrected chi connectivity index (χ0v) is 30.0. The maximum absolute atomic E-state index is 12.1. The first-order chi connectivity index (χ1) is 17.0. The molecule has 0 saturated carbocycles. The molecule has 0 radical (unpaired) electrons. The van der Waals surface area contributed by atoms with E-state index < -0.39 is 30.0 Å². The summed E-state index contributed by atoms with van der Waals surface area (Å²) in [4.78, 5) is 10.4. The van der Waals surface area contributed by atoms with Gasteiger partial charge in [0.1, 0.15) is 31.8 Å². The van der Waals surface area contributed by atoms with E-state index in [1.807, 2.05) is 0 Å². The minimum atomic E-state index is -5.03. The number of ketones is 1. The number of carbonyl (C=O) groups is 1. The predicted molar refractivity (Wildman–Crippen MR) is 124 cm³/mol. The quantitative estimate of drug-likeness (QED) is 0.0294. The Morgan fingerprint density at radius 1 is 0.846 bits per heavy atom. The molecule has 0 aromatic heterocycles. The van der Waals surface area contributed by atoms with E-state index >= 15 is 0 Å². The van der Waals surface area contributed by atoms with E-state index in [4.69, 9.17) is 4.74 Å². The molecular weight excluding hydrogens is 605 g/mol. The minimum absolute atomic E-state index is 0. The molecular formula is C22H17Na3O11S3. The Bertz CT molecular complexity index is 1690. The van der Waals surface area contributed by atoms with Crippen LogP contribution in [-0.2, 0) is 34.4 Å². The summed E-state index contributed by atoms with van der Waals surface area (Å²) in [6.07, 6.45) is 0.964. The summed E-state index contributed by atoms with van der Waals surface area (Å²) in [6, 6.07) is 7.69. The van der Waals surface area contributed by atoms with E-state index in [0.717, 1.165) is 12.1 Å².